The van der Waals surface area contributed by atoms with E-state index in [0.29, 0.717) is 47.2 Å². The third-order valence-corrected chi connectivity index (χ3v) is 7.04. The first-order valence-electron chi connectivity index (χ1n) is 10.5. The first kappa shape index (κ1) is 23.6. The van der Waals surface area contributed by atoms with Crippen molar-refractivity contribution < 1.29 is 19.1 Å². The highest BCUT2D eigenvalue weighted by Crippen LogP contribution is 2.47. The van der Waals surface area contributed by atoms with Crippen LogP contribution < -0.4 is 15.5 Å². The molecule has 1 fully saturated rings. The summed E-state index contributed by atoms with van der Waals surface area (Å²) < 4.78 is 5.37. The highest BCUT2D eigenvalue weighted by Gasteiger charge is 2.50. The number of hydrogen-bond donors (Lipinski definition) is 2. The van der Waals surface area contributed by atoms with Crippen LogP contribution in [0.5, 0.6) is 0 Å². The van der Waals surface area contributed by atoms with E-state index in [1.807, 2.05) is 12.1 Å². The lowest BCUT2D eigenvalue weighted by atomic mass is 9.81. The third kappa shape index (κ3) is 5.02. The number of anilines is 2. The van der Waals surface area contributed by atoms with Gasteiger partial charge < -0.3 is 15.0 Å². The summed E-state index contributed by atoms with van der Waals surface area (Å²) in [5.74, 6) is -0.349. The predicted octanol–water partition coefficient (Wildman–Crippen LogP) is 4.11. The van der Waals surface area contributed by atoms with E-state index < -0.39 is 5.41 Å². The average molecular weight is 512 g/mol. The predicted molar refractivity (Wildman–Crippen MR) is 127 cm³/mol. The van der Waals surface area contributed by atoms with Gasteiger partial charge in [-0.1, -0.05) is 34.5 Å². The molecule has 33 heavy (non-hydrogen) atoms. The molecule has 4 amide bonds. The number of thiazole rings is 1. The van der Waals surface area contributed by atoms with Crippen molar-refractivity contribution in [1.29, 1.82) is 0 Å². The molecule has 1 atom stereocenters. The fourth-order valence-electron chi connectivity index (χ4n) is 4.30. The molecule has 1 aromatic carbocycles. The molecule has 1 spiro atoms. The van der Waals surface area contributed by atoms with Crippen LogP contribution in [0.4, 0.5) is 20.4 Å². The molecular weight excluding hydrogens is 489 g/mol. The molecule has 2 aliphatic heterocycles. The first-order valence-corrected chi connectivity index (χ1v) is 12.1. The maximum Gasteiger partial charge on any atom is 0.328 e. The van der Waals surface area contributed by atoms with E-state index in [1.54, 1.807) is 22.8 Å². The van der Waals surface area contributed by atoms with Crippen molar-refractivity contribution in [2.24, 2.45) is 0 Å². The number of amides is 4. The Balaban J connectivity index is 1.46. The van der Waals surface area contributed by atoms with Gasteiger partial charge >= 0.3 is 18.0 Å². The second-order valence-electron chi connectivity index (χ2n) is 7.89. The molecule has 2 N–H and O–H groups in total. The van der Waals surface area contributed by atoms with Crippen molar-refractivity contribution in [3.8, 4) is 0 Å². The van der Waals surface area contributed by atoms with Gasteiger partial charge in [-0.25, -0.2) is 14.6 Å². The monoisotopic (exact) mass is 511 g/mol. The lowest BCUT2D eigenvalue weighted by molar-refractivity contribution is -0.142. The summed E-state index contributed by atoms with van der Waals surface area (Å²) >= 11 is 13.4. The van der Waals surface area contributed by atoms with Gasteiger partial charge in [-0.2, -0.15) is 0 Å². The second-order valence-corrected chi connectivity index (χ2v) is 9.98. The molecule has 0 radical (unpaired) electrons. The Morgan fingerprint density at radius 1 is 1.24 bits per heavy atom. The van der Waals surface area contributed by atoms with Crippen molar-refractivity contribution in [3.63, 3.8) is 0 Å². The van der Waals surface area contributed by atoms with Crippen LogP contribution in [0.25, 0.3) is 0 Å². The molecule has 12 heteroatoms. The summed E-state index contributed by atoms with van der Waals surface area (Å²) in [6.07, 6.45) is 2.28. The number of aromatic nitrogens is 1. The molecule has 176 valence electrons. The number of urea groups is 2. The minimum Gasteiger partial charge on any atom is -0.466 e. The highest BCUT2D eigenvalue weighted by molar-refractivity contribution is 7.19. The van der Waals surface area contributed by atoms with Gasteiger partial charge in [0.1, 0.15) is 4.34 Å². The van der Waals surface area contributed by atoms with Crippen molar-refractivity contribution in [1.82, 2.24) is 15.2 Å². The Morgan fingerprint density at radius 3 is 2.79 bits per heavy atom. The highest BCUT2D eigenvalue weighted by atomic mass is 35.5. The van der Waals surface area contributed by atoms with Gasteiger partial charge in [-0.15, -0.1) is 0 Å². The smallest absolute Gasteiger partial charge is 0.328 e. The molecular formula is C21H23Cl2N5O4S. The fraction of sp³-hybridized carbons (Fsp3) is 0.429. The lowest BCUT2D eigenvalue weighted by Gasteiger charge is -2.26. The van der Waals surface area contributed by atoms with E-state index in [0.717, 1.165) is 11.3 Å². The summed E-state index contributed by atoms with van der Waals surface area (Å²) in [6, 6.07) is 4.86. The van der Waals surface area contributed by atoms with Crippen LogP contribution in [0.2, 0.25) is 9.36 Å². The Kier molecular flexibility index (Phi) is 6.96. The number of rotatable bonds is 5. The Bertz CT molecular complexity index is 1080. The van der Waals surface area contributed by atoms with Crippen molar-refractivity contribution >= 4 is 63.4 Å². The average Bonchev–Trinajstić information content (AvgIpc) is 3.47. The standard InChI is InChI=1S/C21H23Cl2N5O4S/c1-2-32-17(29)5-7-24-19(30)27-8-6-21(11-27)12-28(15-4-3-13(22)9-14(15)21)20(31)26-18-25-10-16(23)33-18/h3-4,9-10H,2,5-8,11-12H2,1H3,(H,24,30)(H,25,26,31). The number of nitrogens with one attached hydrogen (secondary N) is 2. The van der Waals surface area contributed by atoms with Gasteiger partial charge in [0.15, 0.2) is 5.13 Å². The SMILES string of the molecule is CCOC(=O)CCNC(=O)N1CCC2(C1)CN(C(=O)Nc1ncc(Cl)s1)c1ccc(Cl)cc12. The van der Waals surface area contributed by atoms with E-state index in [-0.39, 0.29) is 31.0 Å². The number of benzene rings is 1. The number of esters is 1. The first-order chi connectivity index (χ1) is 15.8. The van der Waals surface area contributed by atoms with Crippen LogP contribution in [0, 0.1) is 0 Å². The molecule has 4 rings (SSSR count). The van der Waals surface area contributed by atoms with E-state index in [1.165, 1.54) is 17.5 Å². The third-order valence-electron chi connectivity index (χ3n) is 5.77. The van der Waals surface area contributed by atoms with E-state index in [4.69, 9.17) is 27.9 Å². The fourth-order valence-corrected chi connectivity index (χ4v) is 5.28. The van der Waals surface area contributed by atoms with Crippen molar-refractivity contribution in [2.75, 3.05) is 43.0 Å². The maximum absolute atomic E-state index is 13.1. The number of halogens is 2. The van der Waals surface area contributed by atoms with Crippen LogP contribution in [0.15, 0.2) is 24.4 Å². The molecule has 1 unspecified atom stereocenters. The molecule has 0 aliphatic carbocycles. The number of ether oxygens (including phenoxy) is 1. The molecule has 2 aliphatic rings. The zero-order valence-corrected chi connectivity index (χ0v) is 20.2. The number of likely N-dealkylation sites (tertiary alicyclic amines) is 1. The van der Waals surface area contributed by atoms with Crippen LogP contribution in [-0.2, 0) is 14.9 Å². The summed E-state index contributed by atoms with van der Waals surface area (Å²) in [7, 11) is 0. The number of carbonyl (C=O) groups is 3. The van der Waals surface area contributed by atoms with Crippen molar-refractivity contribution in [3.05, 3.63) is 39.3 Å². The van der Waals surface area contributed by atoms with Gasteiger partial charge in [-0.3, -0.25) is 15.0 Å². The molecule has 9 nitrogen and oxygen atoms in total. The normalized spacial score (nSPS) is 19.0. The van der Waals surface area contributed by atoms with Crippen LogP contribution in [0.3, 0.4) is 0 Å². The summed E-state index contributed by atoms with van der Waals surface area (Å²) in [6.45, 7) is 3.60. The Hall–Kier alpha value is -2.56. The van der Waals surface area contributed by atoms with Gasteiger partial charge in [0.2, 0.25) is 0 Å². The Morgan fingerprint density at radius 2 is 2.06 bits per heavy atom. The van der Waals surface area contributed by atoms with Gasteiger partial charge in [0.05, 0.1) is 19.2 Å². The molecule has 0 bridgehead atoms. The summed E-state index contributed by atoms with van der Waals surface area (Å²) in [4.78, 5) is 44.7. The number of carbonyl (C=O) groups excluding carboxylic acids is 3. The summed E-state index contributed by atoms with van der Waals surface area (Å²) in [5.41, 5.74) is 1.25. The largest absolute Gasteiger partial charge is 0.466 e. The summed E-state index contributed by atoms with van der Waals surface area (Å²) in [5, 5.41) is 6.54. The van der Waals surface area contributed by atoms with E-state index >= 15 is 0 Å². The van der Waals surface area contributed by atoms with E-state index in [9.17, 15) is 14.4 Å². The zero-order chi connectivity index (χ0) is 23.6. The van der Waals surface area contributed by atoms with Crippen LogP contribution >= 0.6 is 34.5 Å². The second kappa shape index (κ2) is 9.74. The molecule has 2 aromatic rings. The minimum absolute atomic E-state index is 0.117. The molecule has 0 saturated carbocycles. The molecule has 1 aromatic heterocycles. The van der Waals surface area contributed by atoms with Crippen LogP contribution in [0.1, 0.15) is 25.3 Å². The van der Waals surface area contributed by atoms with Crippen LogP contribution in [-0.4, -0.2) is 60.7 Å². The minimum atomic E-state index is -0.434. The van der Waals surface area contributed by atoms with Gasteiger partial charge in [0.25, 0.3) is 0 Å². The number of nitrogens with zero attached hydrogens (tertiary/aromatic N) is 3. The molecule has 1 saturated heterocycles. The van der Waals surface area contributed by atoms with E-state index in [2.05, 4.69) is 15.6 Å². The Labute approximate surface area is 205 Å². The maximum atomic E-state index is 13.1. The van der Waals surface area contributed by atoms with Gasteiger partial charge in [0, 0.05) is 42.3 Å². The zero-order valence-electron chi connectivity index (χ0n) is 17.9. The van der Waals surface area contributed by atoms with Crippen molar-refractivity contribution in [2.45, 2.75) is 25.2 Å². The quantitative estimate of drug-likeness (QED) is 0.587. The number of fused-ring (bicyclic) bond motifs is 2. The van der Waals surface area contributed by atoms with Gasteiger partial charge in [-0.05, 0) is 37.1 Å². The number of hydrogen-bond acceptors (Lipinski definition) is 6. The molecule has 3 heterocycles. The topological polar surface area (TPSA) is 104 Å². The lowest BCUT2D eigenvalue weighted by Crippen LogP contribution is -2.44.